The van der Waals surface area contributed by atoms with Crippen molar-refractivity contribution in [2.45, 2.75) is 26.4 Å². The third-order valence-electron chi connectivity index (χ3n) is 2.53. The van der Waals surface area contributed by atoms with Crippen LogP contribution in [0.25, 0.3) is 0 Å². The highest BCUT2D eigenvalue weighted by Crippen LogP contribution is 2.19. The van der Waals surface area contributed by atoms with E-state index in [0.717, 1.165) is 0 Å². The van der Waals surface area contributed by atoms with Gasteiger partial charge in [0, 0.05) is 12.2 Å². The molecule has 0 bridgehead atoms. The fourth-order valence-corrected chi connectivity index (χ4v) is 1.86. The molecule has 2 unspecified atom stereocenters. The average Bonchev–Trinajstić information content (AvgIpc) is 2.30. The van der Waals surface area contributed by atoms with Crippen molar-refractivity contribution in [1.29, 1.82) is 0 Å². The minimum Gasteiger partial charge on any atom is -0.393 e. The first kappa shape index (κ1) is 15.7. The third-order valence-corrected chi connectivity index (χ3v) is 2.82. The highest BCUT2D eigenvalue weighted by atomic mass is 35.5. The van der Waals surface area contributed by atoms with Crippen molar-refractivity contribution in [2.75, 3.05) is 11.9 Å². The van der Waals surface area contributed by atoms with Crippen molar-refractivity contribution in [3.05, 3.63) is 29.0 Å². The summed E-state index contributed by atoms with van der Waals surface area (Å²) >= 11 is 5.61. The van der Waals surface area contributed by atoms with Crippen molar-refractivity contribution >= 4 is 23.3 Å². The summed E-state index contributed by atoms with van der Waals surface area (Å²) in [6.45, 7) is 4.09. The van der Waals surface area contributed by atoms with E-state index in [-0.39, 0.29) is 17.0 Å². The standard InChI is InChI=1S/C13H18ClFN2O2/c1-8(5-9(2)18)7-16-13(19)17-10-3-4-12(15)11(14)6-10/h3-4,6,8-9,18H,5,7H2,1-2H3,(H2,16,17,19). The molecule has 3 N–H and O–H groups in total. The summed E-state index contributed by atoms with van der Waals surface area (Å²) in [6.07, 6.45) is 0.221. The number of nitrogens with one attached hydrogen (secondary N) is 2. The Bertz CT molecular complexity index is 441. The minimum atomic E-state index is -0.529. The second kappa shape index (κ2) is 7.31. The van der Waals surface area contributed by atoms with Crippen LogP contribution in [0, 0.1) is 11.7 Å². The third kappa shape index (κ3) is 5.89. The van der Waals surface area contributed by atoms with Crippen LogP contribution in [0.1, 0.15) is 20.3 Å². The molecule has 0 spiro atoms. The Morgan fingerprint density at radius 3 is 2.74 bits per heavy atom. The zero-order valence-electron chi connectivity index (χ0n) is 10.9. The van der Waals surface area contributed by atoms with Crippen molar-refractivity contribution in [1.82, 2.24) is 5.32 Å². The number of hydrogen-bond acceptors (Lipinski definition) is 2. The van der Waals surface area contributed by atoms with Crippen LogP contribution < -0.4 is 10.6 Å². The van der Waals surface area contributed by atoms with Crippen LogP contribution in [0.4, 0.5) is 14.9 Å². The minimum absolute atomic E-state index is 0.0414. The Kier molecular flexibility index (Phi) is 6.05. The van der Waals surface area contributed by atoms with Gasteiger partial charge in [-0.3, -0.25) is 0 Å². The molecule has 1 aromatic rings. The SMILES string of the molecule is CC(O)CC(C)CNC(=O)Nc1ccc(F)c(Cl)c1. The number of anilines is 1. The molecule has 6 heteroatoms. The molecule has 1 rings (SSSR count). The summed E-state index contributed by atoms with van der Waals surface area (Å²) in [5, 5.41) is 14.4. The molecule has 4 nitrogen and oxygen atoms in total. The second-order valence-electron chi connectivity index (χ2n) is 4.65. The Labute approximate surface area is 117 Å². The lowest BCUT2D eigenvalue weighted by Crippen LogP contribution is -2.33. The molecule has 106 valence electrons. The van der Waals surface area contributed by atoms with Gasteiger partial charge in [0.2, 0.25) is 0 Å². The predicted molar refractivity (Wildman–Crippen MR) is 73.9 cm³/mol. The fraction of sp³-hybridized carbons (Fsp3) is 0.462. The Morgan fingerprint density at radius 2 is 2.16 bits per heavy atom. The summed E-state index contributed by atoms with van der Waals surface area (Å²) < 4.78 is 12.9. The second-order valence-corrected chi connectivity index (χ2v) is 5.06. The van der Waals surface area contributed by atoms with E-state index in [2.05, 4.69) is 10.6 Å². The lowest BCUT2D eigenvalue weighted by atomic mass is 10.1. The van der Waals surface area contributed by atoms with Crippen LogP contribution in [-0.2, 0) is 0 Å². The topological polar surface area (TPSA) is 61.4 Å². The number of rotatable bonds is 5. The summed E-state index contributed by atoms with van der Waals surface area (Å²) in [5.41, 5.74) is 0.423. The predicted octanol–water partition coefficient (Wildman–Crippen LogP) is 3.01. The quantitative estimate of drug-likeness (QED) is 0.780. The van der Waals surface area contributed by atoms with E-state index < -0.39 is 11.9 Å². The summed E-state index contributed by atoms with van der Waals surface area (Å²) in [5.74, 6) is -0.360. The van der Waals surface area contributed by atoms with Gasteiger partial charge in [0.25, 0.3) is 0 Å². The van der Waals surface area contributed by atoms with Gasteiger partial charge < -0.3 is 15.7 Å². The molecule has 1 aromatic carbocycles. The van der Waals surface area contributed by atoms with E-state index >= 15 is 0 Å². The van der Waals surface area contributed by atoms with E-state index in [4.69, 9.17) is 11.6 Å². The molecule has 0 heterocycles. The number of hydrogen-bond donors (Lipinski definition) is 3. The number of carbonyl (C=O) groups is 1. The Morgan fingerprint density at radius 1 is 1.47 bits per heavy atom. The number of halogens is 2. The summed E-state index contributed by atoms with van der Waals surface area (Å²) in [6, 6.07) is 3.57. The summed E-state index contributed by atoms with van der Waals surface area (Å²) in [4.78, 5) is 11.6. The van der Waals surface area contributed by atoms with Gasteiger partial charge in [-0.25, -0.2) is 9.18 Å². The maximum absolute atomic E-state index is 12.9. The molecule has 0 aliphatic rings. The summed E-state index contributed by atoms with van der Waals surface area (Å²) in [7, 11) is 0. The number of benzene rings is 1. The van der Waals surface area contributed by atoms with Crippen LogP contribution >= 0.6 is 11.6 Å². The van der Waals surface area contributed by atoms with E-state index in [1.54, 1.807) is 6.92 Å². The van der Waals surface area contributed by atoms with E-state index in [9.17, 15) is 14.3 Å². The zero-order chi connectivity index (χ0) is 14.4. The van der Waals surface area contributed by atoms with Gasteiger partial charge in [-0.05, 0) is 37.5 Å². The van der Waals surface area contributed by atoms with Gasteiger partial charge in [-0.1, -0.05) is 18.5 Å². The van der Waals surface area contributed by atoms with Crippen molar-refractivity contribution in [3.63, 3.8) is 0 Å². The number of amides is 2. The van der Waals surface area contributed by atoms with Crippen LogP contribution in [0.15, 0.2) is 18.2 Å². The first-order chi connectivity index (χ1) is 8.88. The molecule has 0 radical (unpaired) electrons. The van der Waals surface area contributed by atoms with E-state index in [1.807, 2.05) is 6.92 Å². The van der Waals surface area contributed by atoms with Gasteiger partial charge in [-0.2, -0.15) is 0 Å². The van der Waals surface area contributed by atoms with Gasteiger partial charge in [0.15, 0.2) is 0 Å². The van der Waals surface area contributed by atoms with Crippen molar-refractivity contribution in [3.8, 4) is 0 Å². The van der Waals surface area contributed by atoms with Crippen molar-refractivity contribution in [2.24, 2.45) is 5.92 Å². The maximum Gasteiger partial charge on any atom is 0.319 e. The molecule has 0 saturated carbocycles. The van der Waals surface area contributed by atoms with Crippen LogP contribution in [-0.4, -0.2) is 23.8 Å². The lowest BCUT2D eigenvalue weighted by molar-refractivity contribution is 0.163. The van der Waals surface area contributed by atoms with Gasteiger partial charge in [-0.15, -0.1) is 0 Å². The molecule has 0 aliphatic heterocycles. The van der Waals surface area contributed by atoms with Gasteiger partial charge >= 0.3 is 6.03 Å². The molecular weight excluding hydrogens is 271 g/mol. The molecule has 2 amide bonds. The fourth-order valence-electron chi connectivity index (χ4n) is 1.68. The molecule has 0 aromatic heterocycles. The normalized spacial score (nSPS) is 13.7. The molecule has 19 heavy (non-hydrogen) atoms. The average molecular weight is 289 g/mol. The smallest absolute Gasteiger partial charge is 0.319 e. The molecular formula is C13H18ClFN2O2. The highest BCUT2D eigenvalue weighted by molar-refractivity contribution is 6.31. The number of aliphatic hydroxyl groups excluding tert-OH is 1. The van der Waals surface area contributed by atoms with E-state index in [1.165, 1.54) is 18.2 Å². The largest absolute Gasteiger partial charge is 0.393 e. The monoisotopic (exact) mass is 288 g/mol. The Balaban J connectivity index is 2.40. The molecule has 0 saturated heterocycles. The lowest BCUT2D eigenvalue weighted by Gasteiger charge is -2.14. The van der Waals surface area contributed by atoms with Crippen LogP contribution in [0.5, 0.6) is 0 Å². The number of urea groups is 1. The Hall–Kier alpha value is -1.33. The molecule has 0 fully saturated rings. The van der Waals surface area contributed by atoms with Gasteiger partial charge in [0.1, 0.15) is 5.82 Å². The highest BCUT2D eigenvalue weighted by Gasteiger charge is 2.09. The molecule has 2 atom stereocenters. The van der Waals surface area contributed by atoms with Gasteiger partial charge in [0.05, 0.1) is 11.1 Å². The molecule has 0 aliphatic carbocycles. The van der Waals surface area contributed by atoms with Crippen molar-refractivity contribution < 1.29 is 14.3 Å². The first-order valence-corrected chi connectivity index (χ1v) is 6.44. The van der Waals surface area contributed by atoms with Crippen LogP contribution in [0.2, 0.25) is 5.02 Å². The van der Waals surface area contributed by atoms with Crippen LogP contribution in [0.3, 0.4) is 0 Å². The maximum atomic E-state index is 12.9. The number of aliphatic hydroxyl groups is 1. The van der Waals surface area contributed by atoms with E-state index in [0.29, 0.717) is 18.7 Å². The zero-order valence-corrected chi connectivity index (χ0v) is 11.7. The number of carbonyl (C=O) groups excluding carboxylic acids is 1. The first-order valence-electron chi connectivity index (χ1n) is 6.06.